The molecule has 27 heavy (non-hydrogen) atoms. The zero-order valence-corrected chi connectivity index (χ0v) is 14.6. The van der Waals surface area contributed by atoms with Gasteiger partial charge in [0.15, 0.2) is 5.78 Å². The van der Waals surface area contributed by atoms with Gasteiger partial charge in [-0.1, -0.05) is 30.3 Å². The van der Waals surface area contributed by atoms with Gasteiger partial charge in [0.2, 0.25) is 0 Å². The van der Waals surface area contributed by atoms with Gasteiger partial charge in [-0.2, -0.15) is 0 Å². The van der Waals surface area contributed by atoms with Crippen molar-refractivity contribution in [2.24, 2.45) is 5.73 Å². The van der Waals surface area contributed by atoms with E-state index < -0.39 is 0 Å². The van der Waals surface area contributed by atoms with Crippen LogP contribution in [0.25, 0.3) is 38.2 Å². The fourth-order valence-corrected chi connectivity index (χ4v) is 3.94. The average molecular weight is 355 g/mol. The van der Waals surface area contributed by atoms with Crippen LogP contribution >= 0.6 is 0 Å². The van der Waals surface area contributed by atoms with Crippen molar-refractivity contribution in [1.29, 1.82) is 0 Å². The minimum absolute atomic E-state index is 0.0516. The van der Waals surface area contributed by atoms with E-state index in [0.29, 0.717) is 36.0 Å². The topological polar surface area (TPSA) is 77.5 Å². The molecule has 2 N–H and O–H groups in total. The maximum atomic E-state index is 13.2. The minimum Gasteiger partial charge on any atom is -0.330 e. The number of pyridine rings is 1. The molecule has 0 unspecified atom stereocenters. The SMILES string of the molecule is NCCCC(=O)c1ccc2c3c1cccc3c(=O)n1c3ccccc3nc21. The number of hydrogen-bond donors (Lipinski definition) is 1. The summed E-state index contributed by atoms with van der Waals surface area (Å²) in [7, 11) is 0. The highest BCUT2D eigenvalue weighted by molar-refractivity contribution is 6.21. The second-order valence-electron chi connectivity index (χ2n) is 6.77. The van der Waals surface area contributed by atoms with Crippen molar-refractivity contribution in [2.45, 2.75) is 12.8 Å². The number of carbonyl (C=O) groups is 1. The molecule has 0 aliphatic carbocycles. The second-order valence-corrected chi connectivity index (χ2v) is 6.77. The van der Waals surface area contributed by atoms with Gasteiger partial charge in [-0.05, 0) is 42.6 Å². The Morgan fingerprint density at radius 2 is 1.78 bits per heavy atom. The van der Waals surface area contributed by atoms with Gasteiger partial charge < -0.3 is 5.73 Å². The van der Waals surface area contributed by atoms with E-state index in [1.54, 1.807) is 4.40 Å². The van der Waals surface area contributed by atoms with Gasteiger partial charge >= 0.3 is 0 Å². The zero-order chi connectivity index (χ0) is 18.5. The van der Waals surface area contributed by atoms with E-state index in [1.165, 1.54) is 0 Å². The molecule has 5 aromatic rings. The zero-order valence-electron chi connectivity index (χ0n) is 14.6. The highest BCUT2D eigenvalue weighted by Crippen LogP contribution is 2.32. The molecular formula is C22H17N3O2. The molecule has 2 aromatic heterocycles. The summed E-state index contributed by atoms with van der Waals surface area (Å²) in [6, 6.07) is 16.9. The van der Waals surface area contributed by atoms with Crippen LogP contribution in [0.15, 0.2) is 59.4 Å². The highest BCUT2D eigenvalue weighted by Gasteiger charge is 2.19. The third kappa shape index (κ3) is 2.18. The summed E-state index contributed by atoms with van der Waals surface area (Å²) in [5, 5.41) is 3.10. The number of aromatic nitrogens is 2. The van der Waals surface area contributed by atoms with Gasteiger partial charge in [0.05, 0.1) is 11.0 Å². The fourth-order valence-electron chi connectivity index (χ4n) is 3.94. The number of para-hydroxylation sites is 2. The lowest BCUT2D eigenvalue weighted by Gasteiger charge is -2.11. The lowest BCUT2D eigenvalue weighted by atomic mass is 9.94. The van der Waals surface area contributed by atoms with Crippen molar-refractivity contribution in [2.75, 3.05) is 6.54 Å². The molecule has 132 valence electrons. The van der Waals surface area contributed by atoms with Crippen LogP contribution in [0, 0.1) is 0 Å². The summed E-state index contributed by atoms with van der Waals surface area (Å²) in [4.78, 5) is 30.6. The Bertz CT molecular complexity index is 1400. The Labute approximate surface area is 154 Å². The molecule has 0 atom stereocenters. The number of benzene rings is 3. The van der Waals surface area contributed by atoms with E-state index in [4.69, 9.17) is 10.7 Å². The lowest BCUT2D eigenvalue weighted by molar-refractivity contribution is 0.0982. The summed E-state index contributed by atoms with van der Waals surface area (Å²) in [5.41, 5.74) is 8.29. The van der Waals surface area contributed by atoms with Crippen molar-refractivity contribution >= 4 is 44.0 Å². The molecular weight excluding hydrogens is 338 g/mol. The normalized spacial score (nSPS) is 11.9. The number of carbonyl (C=O) groups excluding carboxylic acids is 1. The van der Waals surface area contributed by atoms with Crippen molar-refractivity contribution in [3.8, 4) is 0 Å². The third-order valence-corrected chi connectivity index (χ3v) is 5.18. The van der Waals surface area contributed by atoms with E-state index in [9.17, 15) is 9.59 Å². The first kappa shape index (κ1) is 15.9. The fraction of sp³-hybridized carbons (Fsp3) is 0.136. The van der Waals surface area contributed by atoms with Crippen molar-refractivity contribution in [3.63, 3.8) is 0 Å². The molecule has 0 saturated carbocycles. The molecule has 0 fully saturated rings. The first-order chi connectivity index (χ1) is 13.2. The number of Topliss-reactive ketones (excluding diaryl/α,β-unsaturated/α-hetero) is 1. The van der Waals surface area contributed by atoms with Crippen LogP contribution in [0.1, 0.15) is 23.2 Å². The molecule has 5 nitrogen and oxygen atoms in total. The molecule has 5 rings (SSSR count). The largest absolute Gasteiger partial charge is 0.330 e. The van der Waals surface area contributed by atoms with E-state index >= 15 is 0 Å². The maximum Gasteiger partial charge on any atom is 0.264 e. The highest BCUT2D eigenvalue weighted by atomic mass is 16.1. The van der Waals surface area contributed by atoms with Gasteiger partial charge in [-0.25, -0.2) is 4.98 Å². The molecule has 0 aliphatic heterocycles. The predicted molar refractivity (Wildman–Crippen MR) is 108 cm³/mol. The number of fused-ring (bicyclic) bond motifs is 4. The summed E-state index contributed by atoms with van der Waals surface area (Å²) < 4.78 is 1.67. The molecule has 0 radical (unpaired) electrons. The van der Waals surface area contributed by atoms with Crippen LogP contribution in [0.4, 0.5) is 0 Å². The van der Waals surface area contributed by atoms with Crippen LogP contribution in [0.5, 0.6) is 0 Å². The molecule has 5 heteroatoms. The lowest BCUT2D eigenvalue weighted by Crippen LogP contribution is -2.14. The molecule has 0 bridgehead atoms. The number of hydrogen-bond acceptors (Lipinski definition) is 4. The average Bonchev–Trinajstić information content (AvgIpc) is 3.09. The number of ketones is 1. The summed E-state index contributed by atoms with van der Waals surface area (Å²) in [6.45, 7) is 0.482. The van der Waals surface area contributed by atoms with E-state index in [0.717, 1.165) is 27.2 Å². The van der Waals surface area contributed by atoms with E-state index in [2.05, 4.69) is 0 Å². The Morgan fingerprint density at radius 3 is 2.63 bits per heavy atom. The standard InChI is InChI=1S/C22H17N3O2/c23-12-4-9-19(26)13-10-11-15-20-14(13)5-3-6-16(20)22(27)25-18-8-2-1-7-17(18)24-21(15)25/h1-3,5-8,10-11H,4,9,12,23H2. The van der Waals surface area contributed by atoms with Gasteiger partial charge in [-0.15, -0.1) is 0 Å². The quantitative estimate of drug-likeness (QED) is 0.501. The maximum absolute atomic E-state index is 13.2. The number of imidazole rings is 1. The number of nitrogens with zero attached hydrogens (tertiary/aromatic N) is 2. The first-order valence-corrected chi connectivity index (χ1v) is 9.02. The van der Waals surface area contributed by atoms with E-state index in [-0.39, 0.29) is 11.3 Å². The van der Waals surface area contributed by atoms with Crippen LogP contribution < -0.4 is 11.3 Å². The summed E-state index contributed by atoms with van der Waals surface area (Å²) in [5.74, 6) is 0.0516. The van der Waals surface area contributed by atoms with Gasteiger partial charge in [-0.3, -0.25) is 14.0 Å². The van der Waals surface area contributed by atoms with Crippen molar-refractivity contribution < 1.29 is 4.79 Å². The molecule has 2 heterocycles. The van der Waals surface area contributed by atoms with Gasteiger partial charge in [0.25, 0.3) is 5.56 Å². The Morgan fingerprint density at radius 1 is 0.963 bits per heavy atom. The molecule has 0 amide bonds. The second kappa shape index (κ2) is 5.86. The monoisotopic (exact) mass is 355 g/mol. The number of nitrogens with two attached hydrogens (primary N) is 1. The van der Waals surface area contributed by atoms with Crippen LogP contribution in [-0.4, -0.2) is 21.7 Å². The van der Waals surface area contributed by atoms with Gasteiger partial charge in [0, 0.05) is 28.1 Å². The molecule has 0 saturated heterocycles. The van der Waals surface area contributed by atoms with Gasteiger partial charge in [0.1, 0.15) is 5.65 Å². The van der Waals surface area contributed by atoms with Crippen molar-refractivity contribution in [1.82, 2.24) is 9.38 Å². The number of rotatable bonds is 4. The summed E-state index contributed by atoms with van der Waals surface area (Å²) >= 11 is 0. The van der Waals surface area contributed by atoms with Crippen LogP contribution in [-0.2, 0) is 0 Å². The molecule has 3 aromatic carbocycles. The van der Waals surface area contributed by atoms with Crippen molar-refractivity contribution in [3.05, 3.63) is 70.5 Å². The molecule has 0 spiro atoms. The minimum atomic E-state index is -0.108. The molecule has 0 aliphatic rings. The first-order valence-electron chi connectivity index (χ1n) is 9.02. The predicted octanol–water partition coefficient (Wildman–Crippen LogP) is 3.51. The Balaban J connectivity index is 1.94. The summed E-state index contributed by atoms with van der Waals surface area (Å²) in [6.07, 6.45) is 1.05. The van der Waals surface area contributed by atoms with Crippen LogP contribution in [0.3, 0.4) is 0 Å². The third-order valence-electron chi connectivity index (χ3n) is 5.18. The Hall–Kier alpha value is -3.31. The van der Waals surface area contributed by atoms with Crippen LogP contribution in [0.2, 0.25) is 0 Å². The van der Waals surface area contributed by atoms with E-state index in [1.807, 2.05) is 54.6 Å². The smallest absolute Gasteiger partial charge is 0.264 e. The Kier molecular flexibility index (Phi) is 3.45.